The highest BCUT2D eigenvalue weighted by molar-refractivity contribution is 6.31. The van der Waals surface area contributed by atoms with Gasteiger partial charge in [-0.25, -0.2) is 0 Å². The third-order valence-corrected chi connectivity index (χ3v) is 3.88. The van der Waals surface area contributed by atoms with Crippen LogP contribution in [0, 0.1) is 13.8 Å². The first-order chi connectivity index (χ1) is 10.5. The van der Waals surface area contributed by atoms with Crippen molar-refractivity contribution in [3.63, 3.8) is 0 Å². The van der Waals surface area contributed by atoms with Gasteiger partial charge in [0.15, 0.2) is 0 Å². The Balaban J connectivity index is 1.96. The van der Waals surface area contributed by atoms with Gasteiger partial charge in [0.25, 0.3) is 0 Å². The first kappa shape index (κ1) is 16.5. The van der Waals surface area contributed by atoms with Crippen LogP contribution in [0.5, 0.6) is 0 Å². The number of nitrogens with zero attached hydrogens (tertiary/aromatic N) is 1. The summed E-state index contributed by atoms with van der Waals surface area (Å²) >= 11 is 6.16. The van der Waals surface area contributed by atoms with Crippen LogP contribution < -0.4 is 5.32 Å². The molecule has 1 aromatic carbocycles. The van der Waals surface area contributed by atoms with E-state index in [1.165, 1.54) is 0 Å². The van der Waals surface area contributed by atoms with Gasteiger partial charge in [-0.2, -0.15) is 0 Å². The van der Waals surface area contributed by atoms with Gasteiger partial charge in [0.1, 0.15) is 11.9 Å². The van der Waals surface area contributed by atoms with Crippen LogP contribution in [0.1, 0.15) is 28.7 Å². The third kappa shape index (κ3) is 3.87. The molecule has 0 fully saturated rings. The standard InChI is InChI=1S/C16H19ClN2O3/c1-10-13(11(2)22-19-10)8-16(20)18-9-15(21-3)12-6-4-5-7-14(12)17/h4-7,15H,8-9H2,1-3H3,(H,18,20). The second-order valence-corrected chi connectivity index (χ2v) is 5.44. The van der Waals surface area contributed by atoms with E-state index in [0.717, 1.165) is 16.8 Å². The molecule has 5 nitrogen and oxygen atoms in total. The monoisotopic (exact) mass is 322 g/mol. The molecular formula is C16H19ClN2O3. The zero-order valence-corrected chi connectivity index (χ0v) is 13.6. The Bertz CT molecular complexity index is 635. The van der Waals surface area contributed by atoms with E-state index in [0.29, 0.717) is 17.3 Å². The van der Waals surface area contributed by atoms with Crippen LogP contribution in [0.3, 0.4) is 0 Å². The van der Waals surface area contributed by atoms with Crippen molar-refractivity contribution in [2.75, 3.05) is 13.7 Å². The zero-order chi connectivity index (χ0) is 16.1. The molecule has 1 unspecified atom stereocenters. The molecular weight excluding hydrogens is 304 g/mol. The van der Waals surface area contributed by atoms with Crippen molar-refractivity contribution in [1.82, 2.24) is 10.5 Å². The van der Waals surface area contributed by atoms with Gasteiger partial charge in [-0.05, 0) is 19.9 Å². The Hall–Kier alpha value is -1.85. The van der Waals surface area contributed by atoms with E-state index in [1.54, 1.807) is 20.1 Å². The van der Waals surface area contributed by atoms with Crippen LogP contribution >= 0.6 is 11.6 Å². The summed E-state index contributed by atoms with van der Waals surface area (Å²) in [6.07, 6.45) is -0.0533. The van der Waals surface area contributed by atoms with Crippen LogP contribution in [0.4, 0.5) is 0 Å². The van der Waals surface area contributed by atoms with Crippen molar-refractivity contribution in [2.45, 2.75) is 26.4 Å². The average Bonchev–Trinajstić information content (AvgIpc) is 2.81. The van der Waals surface area contributed by atoms with E-state index in [4.69, 9.17) is 20.9 Å². The Morgan fingerprint density at radius 3 is 2.73 bits per heavy atom. The van der Waals surface area contributed by atoms with Gasteiger partial charge in [-0.1, -0.05) is 35.0 Å². The number of hydrogen-bond acceptors (Lipinski definition) is 4. The van der Waals surface area contributed by atoms with E-state index >= 15 is 0 Å². The molecule has 1 heterocycles. The number of carbonyl (C=O) groups is 1. The zero-order valence-electron chi connectivity index (χ0n) is 12.9. The number of nitrogens with one attached hydrogen (secondary N) is 1. The largest absolute Gasteiger partial charge is 0.375 e. The van der Waals surface area contributed by atoms with Gasteiger partial charge < -0.3 is 14.6 Å². The molecule has 2 rings (SSSR count). The number of benzene rings is 1. The lowest BCUT2D eigenvalue weighted by Gasteiger charge is -2.17. The first-order valence-electron chi connectivity index (χ1n) is 6.98. The fourth-order valence-electron chi connectivity index (χ4n) is 2.24. The topological polar surface area (TPSA) is 64.4 Å². The molecule has 2 aromatic rings. The summed E-state index contributed by atoms with van der Waals surface area (Å²) in [6, 6.07) is 7.43. The Morgan fingerprint density at radius 1 is 1.41 bits per heavy atom. The highest BCUT2D eigenvalue weighted by Crippen LogP contribution is 2.24. The molecule has 0 saturated carbocycles. The fraction of sp³-hybridized carbons (Fsp3) is 0.375. The van der Waals surface area contributed by atoms with Gasteiger partial charge >= 0.3 is 0 Å². The molecule has 0 aliphatic rings. The first-order valence-corrected chi connectivity index (χ1v) is 7.36. The van der Waals surface area contributed by atoms with Gasteiger partial charge in [0.05, 0.1) is 12.1 Å². The number of aryl methyl sites for hydroxylation is 2. The quantitative estimate of drug-likeness (QED) is 0.888. The maximum atomic E-state index is 12.1. The number of carbonyl (C=O) groups excluding carboxylic acids is 1. The maximum Gasteiger partial charge on any atom is 0.224 e. The predicted octanol–water partition coefficient (Wildman–Crippen LogP) is 2.99. The summed E-state index contributed by atoms with van der Waals surface area (Å²) in [5.41, 5.74) is 2.41. The normalized spacial score (nSPS) is 12.2. The number of halogens is 1. The van der Waals surface area contributed by atoms with E-state index in [9.17, 15) is 4.79 Å². The van der Waals surface area contributed by atoms with E-state index in [1.807, 2.05) is 25.1 Å². The molecule has 0 bridgehead atoms. The van der Waals surface area contributed by atoms with Gasteiger partial charge in [0, 0.05) is 29.8 Å². The molecule has 22 heavy (non-hydrogen) atoms. The molecule has 6 heteroatoms. The van der Waals surface area contributed by atoms with E-state index < -0.39 is 0 Å². The minimum atomic E-state index is -0.290. The molecule has 0 aliphatic carbocycles. The lowest BCUT2D eigenvalue weighted by atomic mass is 10.1. The summed E-state index contributed by atoms with van der Waals surface area (Å²) in [6.45, 7) is 3.97. The van der Waals surface area contributed by atoms with Crippen LogP contribution in [0.15, 0.2) is 28.8 Å². The number of ether oxygens (including phenoxy) is 1. The van der Waals surface area contributed by atoms with Gasteiger partial charge in [-0.3, -0.25) is 4.79 Å². The van der Waals surface area contributed by atoms with Crippen LogP contribution in [-0.2, 0) is 16.0 Å². The fourth-order valence-corrected chi connectivity index (χ4v) is 2.50. The summed E-state index contributed by atoms with van der Waals surface area (Å²) in [4.78, 5) is 12.1. The minimum absolute atomic E-state index is 0.108. The molecule has 1 amide bonds. The molecule has 1 atom stereocenters. The van der Waals surface area contributed by atoms with Crippen molar-refractivity contribution in [3.8, 4) is 0 Å². The molecule has 0 radical (unpaired) electrons. The number of hydrogen-bond donors (Lipinski definition) is 1. The van der Waals surface area contributed by atoms with Crippen LogP contribution in [-0.4, -0.2) is 24.7 Å². The van der Waals surface area contributed by atoms with E-state index in [-0.39, 0.29) is 18.4 Å². The highest BCUT2D eigenvalue weighted by Gasteiger charge is 2.17. The number of aromatic nitrogens is 1. The predicted molar refractivity (Wildman–Crippen MR) is 83.9 cm³/mol. The lowest BCUT2D eigenvalue weighted by molar-refractivity contribution is -0.121. The van der Waals surface area contributed by atoms with Crippen LogP contribution in [0.2, 0.25) is 5.02 Å². The van der Waals surface area contributed by atoms with E-state index in [2.05, 4.69) is 10.5 Å². The van der Waals surface area contributed by atoms with Gasteiger partial charge in [0.2, 0.25) is 5.91 Å². The summed E-state index contributed by atoms with van der Waals surface area (Å²) in [7, 11) is 1.59. The summed E-state index contributed by atoms with van der Waals surface area (Å²) in [5.74, 6) is 0.561. The molecule has 118 valence electrons. The van der Waals surface area contributed by atoms with Crippen molar-refractivity contribution in [1.29, 1.82) is 0 Å². The molecule has 1 aromatic heterocycles. The number of rotatable bonds is 6. The lowest BCUT2D eigenvalue weighted by Crippen LogP contribution is -2.30. The molecule has 0 saturated heterocycles. The SMILES string of the molecule is COC(CNC(=O)Cc1c(C)noc1C)c1ccccc1Cl. The molecule has 0 aliphatic heterocycles. The number of amides is 1. The second kappa shape index (κ2) is 7.42. The Morgan fingerprint density at radius 2 is 2.14 bits per heavy atom. The van der Waals surface area contributed by atoms with Crippen molar-refractivity contribution in [2.24, 2.45) is 0 Å². The Kier molecular flexibility index (Phi) is 5.57. The van der Waals surface area contributed by atoms with Crippen molar-refractivity contribution in [3.05, 3.63) is 51.9 Å². The summed E-state index contributed by atoms with van der Waals surface area (Å²) < 4.78 is 10.5. The van der Waals surface area contributed by atoms with Gasteiger partial charge in [-0.15, -0.1) is 0 Å². The maximum absolute atomic E-state index is 12.1. The van der Waals surface area contributed by atoms with Crippen molar-refractivity contribution >= 4 is 17.5 Å². The minimum Gasteiger partial charge on any atom is -0.375 e. The highest BCUT2D eigenvalue weighted by atomic mass is 35.5. The second-order valence-electron chi connectivity index (χ2n) is 5.03. The summed E-state index contributed by atoms with van der Waals surface area (Å²) in [5, 5.41) is 7.32. The Labute approximate surface area is 134 Å². The number of methoxy groups -OCH3 is 1. The third-order valence-electron chi connectivity index (χ3n) is 3.54. The van der Waals surface area contributed by atoms with Crippen molar-refractivity contribution < 1.29 is 14.1 Å². The molecule has 0 spiro atoms. The van der Waals surface area contributed by atoms with Crippen LogP contribution in [0.25, 0.3) is 0 Å². The smallest absolute Gasteiger partial charge is 0.224 e. The average molecular weight is 323 g/mol. The molecule has 1 N–H and O–H groups in total.